The van der Waals surface area contributed by atoms with E-state index in [2.05, 4.69) is 9.97 Å². The van der Waals surface area contributed by atoms with Crippen molar-refractivity contribution < 1.29 is 13.2 Å². The Hall–Kier alpha value is -2.14. The van der Waals surface area contributed by atoms with E-state index in [1.54, 1.807) is 12.1 Å². The first kappa shape index (κ1) is 12.9. The summed E-state index contributed by atoms with van der Waals surface area (Å²) in [7, 11) is 0. The Morgan fingerprint density at radius 3 is 2.50 bits per heavy atom. The third kappa shape index (κ3) is 2.10. The van der Waals surface area contributed by atoms with Gasteiger partial charge in [0.1, 0.15) is 5.82 Å². The molecule has 1 aromatic carbocycles. The second-order valence-corrected chi connectivity index (χ2v) is 4.52. The summed E-state index contributed by atoms with van der Waals surface area (Å²) in [5.74, 6) is -3.32. The SMILES string of the molecule is Fc1cc(F)c(-c2cc(Cl)c3cccnc3n2)cc1F. The zero-order valence-electron chi connectivity index (χ0n) is 9.87. The minimum atomic E-state index is -1.25. The van der Waals surface area contributed by atoms with Crippen LogP contribution in [0.15, 0.2) is 36.5 Å². The molecule has 0 aliphatic heterocycles. The fraction of sp³-hybridized carbons (Fsp3) is 0. The number of aromatic nitrogens is 2. The lowest BCUT2D eigenvalue weighted by Crippen LogP contribution is -1.95. The predicted molar refractivity (Wildman–Crippen MR) is 69.9 cm³/mol. The van der Waals surface area contributed by atoms with Crippen LogP contribution in [0.2, 0.25) is 5.02 Å². The maximum Gasteiger partial charge on any atom is 0.161 e. The van der Waals surface area contributed by atoms with Crippen LogP contribution in [0.25, 0.3) is 22.3 Å². The number of nitrogens with zero attached hydrogens (tertiary/aromatic N) is 2. The molecule has 0 bridgehead atoms. The van der Waals surface area contributed by atoms with Crippen LogP contribution in [0.5, 0.6) is 0 Å². The van der Waals surface area contributed by atoms with E-state index in [0.29, 0.717) is 22.1 Å². The summed E-state index contributed by atoms with van der Waals surface area (Å²) in [5.41, 5.74) is 0.232. The molecule has 0 amide bonds. The Balaban J connectivity index is 2.27. The summed E-state index contributed by atoms with van der Waals surface area (Å²) in [4.78, 5) is 8.13. The van der Waals surface area contributed by atoms with Crippen molar-refractivity contribution in [3.05, 3.63) is 59.0 Å². The Morgan fingerprint density at radius 1 is 0.950 bits per heavy atom. The van der Waals surface area contributed by atoms with Crippen LogP contribution < -0.4 is 0 Å². The van der Waals surface area contributed by atoms with Gasteiger partial charge in [0, 0.05) is 23.2 Å². The van der Waals surface area contributed by atoms with Crippen LogP contribution >= 0.6 is 11.6 Å². The summed E-state index contributed by atoms with van der Waals surface area (Å²) in [6.07, 6.45) is 1.51. The summed E-state index contributed by atoms with van der Waals surface area (Å²) in [6.45, 7) is 0. The van der Waals surface area contributed by atoms with Gasteiger partial charge in [0.05, 0.1) is 10.7 Å². The van der Waals surface area contributed by atoms with Gasteiger partial charge < -0.3 is 0 Å². The molecule has 2 nitrogen and oxygen atoms in total. The zero-order valence-corrected chi connectivity index (χ0v) is 10.6. The minimum absolute atomic E-state index is 0.0950. The smallest absolute Gasteiger partial charge is 0.161 e. The van der Waals surface area contributed by atoms with E-state index < -0.39 is 17.5 Å². The average Bonchev–Trinajstić information content (AvgIpc) is 2.43. The molecule has 0 saturated carbocycles. The van der Waals surface area contributed by atoms with Crippen molar-refractivity contribution in [2.45, 2.75) is 0 Å². The molecule has 2 aromatic heterocycles. The maximum absolute atomic E-state index is 13.7. The molecular weight excluding hydrogens is 289 g/mol. The molecule has 0 unspecified atom stereocenters. The lowest BCUT2D eigenvalue weighted by Gasteiger charge is -2.06. The van der Waals surface area contributed by atoms with Crippen LogP contribution in [-0.4, -0.2) is 9.97 Å². The molecular formula is C14H6ClF3N2. The van der Waals surface area contributed by atoms with Crippen LogP contribution in [0.3, 0.4) is 0 Å². The van der Waals surface area contributed by atoms with E-state index in [1.807, 2.05) is 0 Å². The zero-order chi connectivity index (χ0) is 14.3. The molecule has 0 atom stereocenters. The average molecular weight is 295 g/mol. The van der Waals surface area contributed by atoms with Crippen molar-refractivity contribution in [2.75, 3.05) is 0 Å². The van der Waals surface area contributed by atoms with E-state index in [1.165, 1.54) is 12.3 Å². The van der Waals surface area contributed by atoms with E-state index in [0.717, 1.165) is 6.07 Å². The van der Waals surface area contributed by atoms with Crippen molar-refractivity contribution in [1.29, 1.82) is 0 Å². The summed E-state index contributed by atoms with van der Waals surface area (Å²) in [6, 6.07) is 6.01. The van der Waals surface area contributed by atoms with Crippen LogP contribution in [0.1, 0.15) is 0 Å². The van der Waals surface area contributed by atoms with Gasteiger partial charge >= 0.3 is 0 Å². The lowest BCUT2D eigenvalue weighted by atomic mass is 10.1. The molecule has 3 aromatic rings. The molecule has 0 spiro atoms. The van der Waals surface area contributed by atoms with Crippen LogP contribution in [0, 0.1) is 17.5 Å². The van der Waals surface area contributed by atoms with E-state index in [4.69, 9.17) is 11.6 Å². The topological polar surface area (TPSA) is 25.8 Å². The first-order valence-corrected chi connectivity index (χ1v) is 6.00. The Bertz CT molecular complexity index is 821. The Labute approximate surface area is 116 Å². The highest BCUT2D eigenvalue weighted by Gasteiger charge is 2.14. The number of halogens is 4. The first-order chi connectivity index (χ1) is 9.56. The number of hydrogen-bond acceptors (Lipinski definition) is 2. The molecule has 3 rings (SSSR count). The fourth-order valence-electron chi connectivity index (χ4n) is 1.87. The van der Waals surface area contributed by atoms with Crippen molar-refractivity contribution >= 4 is 22.6 Å². The highest BCUT2D eigenvalue weighted by atomic mass is 35.5. The number of rotatable bonds is 1. The molecule has 100 valence electrons. The molecule has 2 heterocycles. The molecule has 0 saturated heterocycles. The quantitative estimate of drug-likeness (QED) is 0.623. The van der Waals surface area contributed by atoms with Gasteiger partial charge in [-0.25, -0.2) is 23.1 Å². The monoisotopic (exact) mass is 294 g/mol. The summed E-state index contributed by atoms with van der Waals surface area (Å²) < 4.78 is 39.9. The number of fused-ring (bicyclic) bond motifs is 1. The van der Waals surface area contributed by atoms with Gasteiger partial charge in [-0.15, -0.1) is 0 Å². The van der Waals surface area contributed by atoms with Crippen LogP contribution in [-0.2, 0) is 0 Å². The minimum Gasteiger partial charge on any atom is -0.237 e. The summed E-state index contributed by atoms with van der Waals surface area (Å²) >= 11 is 6.07. The molecule has 6 heteroatoms. The molecule has 0 N–H and O–H groups in total. The van der Waals surface area contributed by atoms with Gasteiger partial charge in [-0.1, -0.05) is 11.6 Å². The molecule has 0 aliphatic carbocycles. The summed E-state index contributed by atoms with van der Waals surface area (Å²) in [5, 5.41) is 0.906. The molecule has 0 aliphatic rings. The second-order valence-electron chi connectivity index (χ2n) is 4.11. The van der Waals surface area contributed by atoms with Crippen molar-refractivity contribution in [3.8, 4) is 11.3 Å². The van der Waals surface area contributed by atoms with Gasteiger partial charge in [-0.2, -0.15) is 0 Å². The highest BCUT2D eigenvalue weighted by molar-refractivity contribution is 6.35. The fourth-order valence-corrected chi connectivity index (χ4v) is 2.12. The Morgan fingerprint density at radius 2 is 1.70 bits per heavy atom. The van der Waals surface area contributed by atoms with Gasteiger partial charge in [0.2, 0.25) is 0 Å². The molecule has 0 fully saturated rings. The van der Waals surface area contributed by atoms with Gasteiger partial charge in [0.25, 0.3) is 0 Å². The highest BCUT2D eigenvalue weighted by Crippen LogP contribution is 2.29. The third-order valence-electron chi connectivity index (χ3n) is 2.82. The lowest BCUT2D eigenvalue weighted by molar-refractivity contribution is 0.496. The van der Waals surface area contributed by atoms with Gasteiger partial charge in [-0.05, 0) is 24.3 Å². The number of benzene rings is 1. The van der Waals surface area contributed by atoms with E-state index in [9.17, 15) is 13.2 Å². The second kappa shape index (κ2) is 4.76. The maximum atomic E-state index is 13.7. The van der Waals surface area contributed by atoms with Crippen molar-refractivity contribution in [2.24, 2.45) is 0 Å². The number of pyridine rings is 2. The molecule has 0 radical (unpaired) electrons. The van der Waals surface area contributed by atoms with Crippen molar-refractivity contribution in [3.63, 3.8) is 0 Å². The van der Waals surface area contributed by atoms with Crippen molar-refractivity contribution in [1.82, 2.24) is 9.97 Å². The van der Waals surface area contributed by atoms with Crippen LogP contribution in [0.4, 0.5) is 13.2 Å². The first-order valence-electron chi connectivity index (χ1n) is 5.62. The largest absolute Gasteiger partial charge is 0.237 e. The normalized spacial score (nSPS) is 11.0. The third-order valence-corrected chi connectivity index (χ3v) is 3.13. The Kier molecular flexibility index (Phi) is 3.06. The van der Waals surface area contributed by atoms with E-state index in [-0.39, 0.29) is 11.3 Å². The van der Waals surface area contributed by atoms with Gasteiger partial charge in [0.15, 0.2) is 17.3 Å². The number of hydrogen-bond donors (Lipinski definition) is 0. The van der Waals surface area contributed by atoms with E-state index >= 15 is 0 Å². The van der Waals surface area contributed by atoms with Gasteiger partial charge in [-0.3, -0.25) is 0 Å². The predicted octanol–water partition coefficient (Wildman–Crippen LogP) is 4.37. The standard InChI is InChI=1S/C14H6ClF3N2/c15-9-5-13(20-14-7(9)2-1-3-19-14)8-4-11(17)12(18)6-10(8)16/h1-6H. The molecule has 20 heavy (non-hydrogen) atoms.